The standard InChI is InChI=1S/C14H21N3O4/c1-15-5-7-16(8-6-15)4-2-3-11-9-12(17(20)21)14(19)13(18)10-11/h9-10,18-19H,2-8H2,1H3. The van der Waals surface area contributed by atoms with Crippen molar-refractivity contribution in [1.29, 1.82) is 0 Å². The average Bonchev–Trinajstić information content (AvgIpc) is 2.44. The molecular formula is C14H21N3O4. The molecule has 1 aromatic rings. The zero-order valence-electron chi connectivity index (χ0n) is 12.2. The van der Waals surface area contributed by atoms with Crippen LogP contribution < -0.4 is 0 Å². The number of hydrogen-bond acceptors (Lipinski definition) is 6. The number of nitro benzene ring substituents is 1. The molecule has 1 saturated heterocycles. The van der Waals surface area contributed by atoms with Gasteiger partial charge in [-0.15, -0.1) is 0 Å². The van der Waals surface area contributed by atoms with E-state index in [0.29, 0.717) is 12.0 Å². The average molecular weight is 295 g/mol. The van der Waals surface area contributed by atoms with Crippen LogP contribution in [0.5, 0.6) is 11.5 Å². The lowest BCUT2D eigenvalue weighted by atomic mass is 10.1. The van der Waals surface area contributed by atoms with Crippen molar-refractivity contribution in [2.24, 2.45) is 0 Å². The summed E-state index contributed by atoms with van der Waals surface area (Å²) in [5.74, 6) is -1.10. The van der Waals surface area contributed by atoms with Crippen molar-refractivity contribution in [1.82, 2.24) is 9.80 Å². The van der Waals surface area contributed by atoms with Crippen LogP contribution in [0.1, 0.15) is 12.0 Å². The number of phenols is 2. The van der Waals surface area contributed by atoms with Crippen LogP contribution in [0.25, 0.3) is 0 Å². The van der Waals surface area contributed by atoms with Gasteiger partial charge < -0.3 is 20.0 Å². The van der Waals surface area contributed by atoms with Crippen molar-refractivity contribution in [2.75, 3.05) is 39.8 Å². The Bertz CT molecular complexity index is 513. The largest absolute Gasteiger partial charge is 0.504 e. The van der Waals surface area contributed by atoms with E-state index in [1.165, 1.54) is 12.1 Å². The smallest absolute Gasteiger partial charge is 0.314 e. The molecule has 0 unspecified atom stereocenters. The summed E-state index contributed by atoms with van der Waals surface area (Å²) in [4.78, 5) is 14.8. The summed E-state index contributed by atoms with van der Waals surface area (Å²) in [6.07, 6.45) is 1.51. The highest BCUT2D eigenvalue weighted by atomic mass is 16.6. The van der Waals surface area contributed by atoms with Crippen LogP contribution in [0.15, 0.2) is 12.1 Å². The summed E-state index contributed by atoms with van der Waals surface area (Å²) in [7, 11) is 2.11. The molecular weight excluding hydrogens is 274 g/mol. The highest BCUT2D eigenvalue weighted by Crippen LogP contribution is 2.36. The number of nitrogens with zero attached hydrogens (tertiary/aromatic N) is 3. The molecule has 2 N–H and O–H groups in total. The van der Waals surface area contributed by atoms with Crippen molar-refractivity contribution in [3.05, 3.63) is 27.8 Å². The monoisotopic (exact) mass is 295 g/mol. The Hall–Kier alpha value is -1.86. The van der Waals surface area contributed by atoms with Gasteiger partial charge in [0.2, 0.25) is 5.75 Å². The Morgan fingerprint density at radius 2 is 1.90 bits per heavy atom. The summed E-state index contributed by atoms with van der Waals surface area (Å²) >= 11 is 0. The van der Waals surface area contributed by atoms with Gasteiger partial charge in [0, 0.05) is 32.2 Å². The minimum Gasteiger partial charge on any atom is -0.504 e. The normalized spacial score (nSPS) is 17.0. The summed E-state index contributed by atoms with van der Waals surface area (Å²) in [6, 6.07) is 2.73. The molecule has 0 spiro atoms. The van der Waals surface area contributed by atoms with Crippen molar-refractivity contribution < 1.29 is 15.1 Å². The molecule has 0 aromatic heterocycles. The molecule has 116 valence electrons. The van der Waals surface area contributed by atoms with E-state index < -0.39 is 22.1 Å². The lowest BCUT2D eigenvalue weighted by Gasteiger charge is -2.32. The quantitative estimate of drug-likeness (QED) is 0.482. The highest BCUT2D eigenvalue weighted by Gasteiger charge is 2.19. The number of rotatable bonds is 5. The highest BCUT2D eigenvalue weighted by molar-refractivity contribution is 5.56. The Kier molecular flexibility index (Phi) is 4.98. The van der Waals surface area contributed by atoms with Crippen LogP contribution in [0.4, 0.5) is 5.69 Å². The third-order valence-electron chi connectivity index (χ3n) is 3.86. The number of likely N-dealkylation sites (N-methyl/N-ethyl adjacent to an activating group) is 1. The first-order valence-corrected chi connectivity index (χ1v) is 7.07. The first-order chi connectivity index (χ1) is 9.97. The number of aryl methyl sites for hydroxylation is 1. The van der Waals surface area contributed by atoms with Crippen molar-refractivity contribution >= 4 is 5.69 Å². The number of piperazine rings is 1. The van der Waals surface area contributed by atoms with Crippen LogP contribution in [0.2, 0.25) is 0 Å². The molecule has 7 heteroatoms. The minimum absolute atomic E-state index is 0.432. The fraction of sp³-hybridized carbons (Fsp3) is 0.571. The Balaban J connectivity index is 1.90. The number of nitro groups is 1. The van der Waals surface area contributed by atoms with Gasteiger partial charge in [-0.2, -0.15) is 0 Å². The maximum absolute atomic E-state index is 10.8. The zero-order valence-corrected chi connectivity index (χ0v) is 12.2. The molecule has 7 nitrogen and oxygen atoms in total. The summed E-state index contributed by atoms with van der Waals surface area (Å²) in [5, 5.41) is 29.8. The molecule has 21 heavy (non-hydrogen) atoms. The molecule has 0 radical (unpaired) electrons. The van der Waals surface area contributed by atoms with E-state index in [0.717, 1.165) is 39.1 Å². The number of phenolic OH excluding ortho intramolecular Hbond substituents is 2. The minimum atomic E-state index is -0.682. The lowest BCUT2D eigenvalue weighted by molar-refractivity contribution is -0.386. The topological polar surface area (TPSA) is 90.1 Å². The molecule has 0 bridgehead atoms. The van der Waals surface area contributed by atoms with Crippen LogP contribution in [-0.2, 0) is 6.42 Å². The molecule has 1 heterocycles. The van der Waals surface area contributed by atoms with Gasteiger partial charge in [0.05, 0.1) is 4.92 Å². The fourth-order valence-electron chi connectivity index (χ4n) is 2.52. The van der Waals surface area contributed by atoms with Gasteiger partial charge in [0.1, 0.15) is 0 Å². The lowest BCUT2D eigenvalue weighted by Crippen LogP contribution is -2.44. The Labute approximate surface area is 123 Å². The van der Waals surface area contributed by atoms with Gasteiger partial charge in [-0.05, 0) is 38.1 Å². The van der Waals surface area contributed by atoms with Gasteiger partial charge >= 0.3 is 5.69 Å². The molecule has 1 aliphatic rings. The third kappa shape index (κ3) is 4.05. The maximum Gasteiger partial charge on any atom is 0.314 e. The first kappa shape index (κ1) is 15.5. The molecule has 0 amide bonds. The van der Waals surface area contributed by atoms with E-state index in [9.17, 15) is 20.3 Å². The molecule has 0 saturated carbocycles. The number of aromatic hydroxyl groups is 2. The van der Waals surface area contributed by atoms with Gasteiger partial charge in [0.15, 0.2) is 5.75 Å². The maximum atomic E-state index is 10.8. The van der Waals surface area contributed by atoms with Gasteiger partial charge in [-0.25, -0.2) is 0 Å². The number of hydrogen-bond donors (Lipinski definition) is 2. The fourth-order valence-corrected chi connectivity index (χ4v) is 2.52. The molecule has 0 aliphatic carbocycles. The van der Waals surface area contributed by atoms with Crippen molar-refractivity contribution in [3.63, 3.8) is 0 Å². The van der Waals surface area contributed by atoms with Crippen LogP contribution >= 0.6 is 0 Å². The summed E-state index contributed by atoms with van der Waals surface area (Å²) < 4.78 is 0. The predicted octanol–water partition coefficient (Wildman–Crippen LogP) is 1.19. The van der Waals surface area contributed by atoms with E-state index in [1.54, 1.807) is 0 Å². The summed E-state index contributed by atoms with van der Waals surface area (Å²) in [5.41, 5.74) is 0.232. The second-order valence-corrected chi connectivity index (χ2v) is 5.49. The van der Waals surface area contributed by atoms with Crippen LogP contribution in [-0.4, -0.2) is 64.7 Å². The Morgan fingerprint density at radius 3 is 2.52 bits per heavy atom. The van der Waals surface area contributed by atoms with Crippen molar-refractivity contribution in [2.45, 2.75) is 12.8 Å². The van der Waals surface area contributed by atoms with Gasteiger partial charge in [-0.3, -0.25) is 10.1 Å². The van der Waals surface area contributed by atoms with E-state index in [1.807, 2.05) is 0 Å². The van der Waals surface area contributed by atoms with Crippen molar-refractivity contribution in [3.8, 4) is 11.5 Å². The second-order valence-electron chi connectivity index (χ2n) is 5.49. The van der Waals surface area contributed by atoms with Crippen LogP contribution in [0, 0.1) is 10.1 Å². The molecule has 1 aromatic carbocycles. The SMILES string of the molecule is CN1CCN(CCCc2cc(O)c(O)c([N+](=O)[O-])c2)CC1. The second kappa shape index (κ2) is 6.73. The molecule has 2 rings (SSSR count). The molecule has 1 fully saturated rings. The Morgan fingerprint density at radius 1 is 1.24 bits per heavy atom. The predicted molar refractivity (Wildman–Crippen MR) is 78.7 cm³/mol. The first-order valence-electron chi connectivity index (χ1n) is 7.07. The zero-order chi connectivity index (χ0) is 15.4. The van der Waals surface area contributed by atoms with E-state index >= 15 is 0 Å². The van der Waals surface area contributed by atoms with E-state index in [2.05, 4.69) is 16.8 Å². The van der Waals surface area contributed by atoms with E-state index in [-0.39, 0.29) is 0 Å². The van der Waals surface area contributed by atoms with E-state index in [4.69, 9.17) is 0 Å². The summed E-state index contributed by atoms with van der Waals surface area (Å²) in [6.45, 7) is 5.13. The van der Waals surface area contributed by atoms with Gasteiger partial charge in [0.25, 0.3) is 0 Å². The number of benzene rings is 1. The van der Waals surface area contributed by atoms with Gasteiger partial charge in [-0.1, -0.05) is 0 Å². The molecule has 0 atom stereocenters. The van der Waals surface area contributed by atoms with Crippen LogP contribution in [0.3, 0.4) is 0 Å². The third-order valence-corrected chi connectivity index (χ3v) is 3.86. The molecule has 1 aliphatic heterocycles.